The second-order valence-corrected chi connectivity index (χ2v) is 8.43. The van der Waals surface area contributed by atoms with Crippen molar-refractivity contribution in [3.05, 3.63) is 53.8 Å². The molecule has 0 atom stereocenters. The monoisotopic (exact) mass is 466 g/mol. The number of aryl methyl sites for hydroxylation is 1. The topological polar surface area (TPSA) is 32.8 Å². The van der Waals surface area contributed by atoms with E-state index in [1.54, 1.807) is 17.0 Å². The molecule has 168 valence electrons. The normalized spacial score (nSPS) is 19.6. The number of amides is 1. The molecule has 0 unspecified atom stereocenters. The van der Waals surface area contributed by atoms with E-state index in [4.69, 9.17) is 4.74 Å². The number of carbonyl (C=O) groups excluding carboxylic acids is 1. The molecule has 2 fully saturated rings. The van der Waals surface area contributed by atoms with Crippen LogP contribution in [0.2, 0.25) is 0 Å². The van der Waals surface area contributed by atoms with E-state index in [2.05, 4.69) is 11.0 Å². The van der Waals surface area contributed by atoms with Gasteiger partial charge in [0.15, 0.2) is 0 Å². The molecule has 7 heteroatoms. The van der Waals surface area contributed by atoms with Crippen LogP contribution in [0.15, 0.2) is 42.5 Å². The first-order valence-electron chi connectivity index (χ1n) is 10.8. The van der Waals surface area contributed by atoms with Gasteiger partial charge >= 0.3 is 0 Å². The third-order valence-electron chi connectivity index (χ3n) is 6.60. The molecule has 0 bridgehead atoms. The van der Waals surface area contributed by atoms with Gasteiger partial charge in [-0.1, -0.05) is 6.42 Å². The Hall–Kier alpha value is -1.82. The van der Waals surface area contributed by atoms with Crippen molar-refractivity contribution in [2.75, 3.05) is 18.0 Å². The molecule has 0 N–H and O–H groups in total. The van der Waals surface area contributed by atoms with Crippen molar-refractivity contribution in [2.24, 2.45) is 0 Å². The Morgan fingerprint density at radius 3 is 2.26 bits per heavy atom. The van der Waals surface area contributed by atoms with Gasteiger partial charge in [-0.3, -0.25) is 9.69 Å². The van der Waals surface area contributed by atoms with Crippen LogP contribution in [0.1, 0.15) is 44.1 Å². The number of hydrogen-bond donors (Lipinski definition) is 0. The molecule has 0 spiro atoms. The van der Waals surface area contributed by atoms with Crippen LogP contribution in [-0.4, -0.2) is 36.0 Å². The quantitative estimate of drug-likeness (QED) is 0.581. The maximum atomic E-state index is 13.3. The molecule has 2 heterocycles. The molecule has 2 aliphatic heterocycles. The van der Waals surface area contributed by atoms with Crippen molar-refractivity contribution in [1.29, 1.82) is 0 Å². The van der Waals surface area contributed by atoms with Crippen molar-refractivity contribution < 1.29 is 13.9 Å². The van der Waals surface area contributed by atoms with Crippen LogP contribution in [0, 0.1) is 5.82 Å². The van der Waals surface area contributed by atoms with Crippen LogP contribution < -0.4 is 9.64 Å². The van der Waals surface area contributed by atoms with E-state index in [-0.39, 0.29) is 42.6 Å². The number of halogens is 3. The number of rotatable bonds is 4. The Morgan fingerprint density at radius 2 is 1.61 bits per heavy atom. The van der Waals surface area contributed by atoms with Crippen LogP contribution in [0.5, 0.6) is 5.75 Å². The summed E-state index contributed by atoms with van der Waals surface area (Å²) in [6.45, 7) is 2.26. The number of hydrogen-bond acceptors (Lipinski definition) is 3. The average molecular weight is 467 g/mol. The molecule has 4 nitrogen and oxygen atoms in total. The fourth-order valence-electron chi connectivity index (χ4n) is 4.72. The molecule has 2 aromatic carbocycles. The van der Waals surface area contributed by atoms with Crippen molar-refractivity contribution in [1.82, 2.24) is 4.90 Å². The van der Waals surface area contributed by atoms with Crippen molar-refractivity contribution in [3.63, 3.8) is 0 Å². The van der Waals surface area contributed by atoms with E-state index < -0.39 is 0 Å². The third-order valence-corrected chi connectivity index (χ3v) is 6.60. The smallest absolute Gasteiger partial charge is 0.231 e. The second kappa shape index (κ2) is 10.2. The minimum atomic E-state index is -0.300. The maximum Gasteiger partial charge on any atom is 0.231 e. The molecule has 2 aromatic rings. The lowest BCUT2D eigenvalue weighted by Gasteiger charge is -2.41. The predicted octanol–water partition coefficient (Wildman–Crippen LogP) is 5.68. The van der Waals surface area contributed by atoms with E-state index >= 15 is 0 Å². The zero-order valence-corrected chi connectivity index (χ0v) is 19.1. The minimum absolute atomic E-state index is 0. The first-order valence-corrected chi connectivity index (χ1v) is 10.8. The number of fused-ring (bicyclic) bond motifs is 1. The van der Waals surface area contributed by atoms with Gasteiger partial charge in [0.2, 0.25) is 5.91 Å². The van der Waals surface area contributed by atoms with Gasteiger partial charge in [-0.2, -0.15) is 0 Å². The summed E-state index contributed by atoms with van der Waals surface area (Å²) in [6.07, 6.45) is 7.69. The van der Waals surface area contributed by atoms with Gasteiger partial charge in [-0.25, -0.2) is 4.39 Å². The van der Waals surface area contributed by atoms with Crippen LogP contribution >= 0.6 is 24.8 Å². The summed E-state index contributed by atoms with van der Waals surface area (Å²) in [4.78, 5) is 16.9. The largest absolute Gasteiger partial charge is 0.490 e. The van der Waals surface area contributed by atoms with E-state index in [1.165, 1.54) is 31.4 Å². The average Bonchev–Trinajstić information content (AvgIpc) is 2.69. The minimum Gasteiger partial charge on any atom is -0.490 e. The summed E-state index contributed by atoms with van der Waals surface area (Å²) in [5.41, 5.74) is 2.69. The number of piperidine rings is 1. The third kappa shape index (κ3) is 5.00. The summed E-state index contributed by atoms with van der Waals surface area (Å²) in [7, 11) is 0. The van der Waals surface area contributed by atoms with Gasteiger partial charge in [-0.05, 0) is 80.1 Å². The molecule has 0 aromatic heterocycles. The number of anilines is 2. The van der Waals surface area contributed by atoms with Gasteiger partial charge < -0.3 is 9.64 Å². The second-order valence-electron chi connectivity index (χ2n) is 8.43. The van der Waals surface area contributed by atoms with E-state index in [9.17, 15) is 9.18 Å². The molecule has 5 rings (SSSR count). The fraction of sp³-hybridized carbons (Fsp3) is 0.458. The summed E-state index contributed by atoms with van der Waals surface area (Å²) in [5.74, 6) is 0.630. The van der Waals surface area contributed by atoms with Crippen molar-refractivity contribution in [3.8, 4) is 5.75 Å². The Bertz CT molecular complexity index is 897. The first-order chi connectivity index (χ1) is 14.2. The summed E-state index contributed by atoms with van der Waals surface area (Å²) >= 11 is 0. The zero-order chi connectivity index (χ0) is 19.8. The Labute approximate surface area is 195 Å². The zero-order valence-electron chi connectivity index (χ0n) is 17.5. The number of ether oxygens (including phenoxy) is 1. The highest BCUT2D eigenvalue weighted by molar-refractivity contribution is 6.03. The SMILES string of the molecule is Cl.Cl.O=C1CCc2cc(OC3CCN(C4CCC4)CC3)ccc2N1c1ccc(F)cc1. The molecule has 1 saturated heterocycles. The maximum absolute atomic E-state index is 13.3. The molecule has 3 aliphatic rings. The highest BCUT2D eigenvalue weighted by Crippen LogP contribution is 2.37. The fourth-order valence-corrected chi connectivity index (χ4v) is 4.72. The summed E-state index contributed by atoms with van der Waals surface area (Å²) < 4.78 is 19.6. The predicted molar refractivity (Wildman–Crippen MR) is 126 cm³/mol. The van der Waals surface area contributed by atoms with Gasteiger partial charge in [-0.15, -0.1) is 24.8 Å². The van der Waals surface area contributed by atoms with Crippen LogP contribution in [-0.2, 0) is 11.2 Å². The van der Waals surface area contributed by atoms with E-state index in [0.29, 0.717) is 18.5 Å². The molecule has 1 aliphatic carbocycles. The molecule has 0 radical (unpaired) electrons. The van der Waals surface area contributed by atoms with Crippen LogP contribution in [0.4, 0.5) is 15.8 Å². The first kappa shape index (κ1) is 23.8. The van der Waals surface area contributed by atoms with Gasteiger partial charge in [0, 0.05) is 31.2 Å². The molecule has 31 heavy (non-hydrogen) atoms. The lowest BCUT2D eigenvalue weighted by molar-refractivity contribution is -0.118. The van der Waals surface area contributed by atoms with Crippen molar-refractivity contribution >= 4 is 42.1 Å². The number of likely N-dealkylation sites (tertiary alicyclic amines) is 1. The van der Waals surface area contributed by atoms with Crippen LogP contribution in [0.25, 0.3) is 0 Å². The lowest BCUT2D eigenvalue weighted by Crippen LogP contribution is -2.46. The Morgan fingerprint density at radius 1 is 0.903 bits per heavy atom. The van der Waals surface area contributed by atoms with Gasteiger partial charge in [0.1, 0.15) is 17.7 Å². The summed E-state index contributed by atoms with van der Waals surface area (Å²) in [5, 5.41) is 0. The number of carbonyl (C=O) groups is 1. The Balaban J connectivity index is 0.00000136. The highest BCUT2D eigenvalue weighted by atomic mass is 35.5. The van der Waals surface area contributed by atoms with Gasteiger partial charge in [0.25, 0.3) is 0 Å². The highest BCUT2D eigenvalue weighted by Gasteiger charge is 2.30. The lowest BCUT2D eigenvalue weighted by atomic mass is 9.90. The molecule has 1 saturated carbocycles. The standard InChI is InChI=1S/C24H27FN2O2.2ClH/c25-18-5-7-20(8-6-18)27-23-10-9-22(16-17(23)4-11-24(27)28)29-21-12-14-26(15-13-21)19-2-1-3-19;;/h5-10,16,19,21H,1-4,11-15H2;2*1H. The van der Waals surface area contributed by atoms with E-state index in [1.807, 2.05) is 12.1 Å². The Kier molecular flexibility index (Phi) is 7.84. The molecular formula is C24H29Cl2FN2O2. The van der Waals surface area contributed by atoms with Gasteiger partial charge in [0.05, 0.1) is 5.69 Å². The van der Waals surface area contributed by atoms with Crippen molar-refractivity contribution in [2.45, 2.75) is 57.1 Å². The molecular weight excluding hydrogens is 438 g/mol. The number of benzene rings is 2. The van der Waals surface area contributed by atoms with E-state index in [0.717, 1.165) is 49.0 Å². The van der Waals surface area contributed by atoms with Crippen LogP contribution in [0.3, 0.4) is 0 Å². The number of nitrogens with zero attached hydrogens (tertiary/aromatic N) is 2. The summed E-state index contributed by atoms with van der Waals surface area (Å²) in [6, 6.07) is 12.9. The molecule has 1 amide bonds.